The minimum atomic E-state index is -0.276. The Hall–Kier alpha value is -0.870. The largest absolute Gasteiger partial charge is 0.391 e. The Kier molecular flexibility index (Phi) is 3.07. The molecular formula is C10H14ClN3O. The van der Waals surface area contributed by atoms with Gasteiger partial charge in [0.15, 0.2) is 0 Å². The van der Waals surface area contributed by atoms with Crippen molar-refractivity contribution in [2.75, 3.05) is 18.0 Å². The summed E-state index contributed by atoms with van der Waals surface area (Å²) < 4.78 is 0. The number of anilines is 1. The third-order valence-electron chi connectivity index (χ3n) is 2.58. The number of nitrogens with zero attached hydrogens (tertiary/aromatic N) is 3. The number of aryl methyl sites for hydroxylation is 1. The number of aliphatic hydroxyl groups is 1. The summed E-state index contributed by atoms with van der Waals surface area (Å²) in [6.07, 6.45) is 3.26. The predicted octanol–water partition coefficient (Wildman–Crippen LogP) is 1.40. The average Bonchev–Trinajstić information content (AvgIpc) is 2.22. The zero-order valence-corrected chi connectivity index (χ0v) is 9.41. The predicted molar refractivity (Wildman–Crippen MR) is 59.2 cm³/mol. The van der Waals surface area contributed by atoms with Crippen molar-refractivity contribution in [2.24, 2.45) is 0 Å². The average molecular weight is 228 g/mol. The van der Waals surface area contributed by atoms with Crippen LogP contribution in [0, 0.1) is 6.92 Å². The first-order chi connectivity index (χ1) is 7.16. The van der Waals surface area contributed by atoms with Crippen LogP contribution in [0.25, 0.3) is 0 Å². The lowest BCUT2D eigenvalue weighted by atomic mass is 10.1. The lowest BCUT2D eigenvalue weighted by molar-refractivity contribution is 0.153. The van der Waals surface area contributed by atoms with Crippen LogP contribution in [0.15, 0.2) is 6.20 Å². The van der Waals surface area contributed by atoms with E-state index in [9.17, 15) is 5.11 Å². The van der Waals surface area contributed by atoms with Gasteiger partial charge in [0.1, 0.15) is 5.15 Å². The molecule has 2 rings (SSSR count). The monoisotopic (exact) mass is 227 g/mol. The van der Waals surface area contributed by atoms with E-state index < -0.39 is 0 Å². The van der Waals surface area contributed by atoms with Gasteiger partial charge in [-0.25, -0.2) is 9.97 Å². The molecule has 1 unspecified atom stereocenters. The molecule has 1 aromatic rings. The van der Waals surface area contributed by atoms with E-state index >= 15 is 0 Å². The van der Waals surface area contributed by atoms with Crippen LogP contribution in [0.3, 0.4) is 0 Å². The van der Waals surface area contributed by atoms with Crippen molar-refractivity contribution in [3.05, 3.63) is 16.9 Å². The summed E-state index contributed by atoms with van der Waals surface area (Å²) in [4.78, 5) is 10.4. The summed E-state index contributed by atoms with van der Waals surface area (Å²) in [5.41, 5.74) is 0.873. The first-order valence-electron chi connectivity index (χ1n) is 5.09. The van der Waals surface area contributed by atoms with Crippen LogP contribution in [0.5, 0.6) is 0 Å². The SMILES string of the molecule is Cc1cnc(N2CCCC(O)C2)nc1Cl. The number of aromatic nitrogens is 2. The molecule has 0 bridgehead atoms. The Labute approximate surface area is 93.9 Å². The Morgan fingerprint density at radius 1 is 1.60 bits per heavy atom. The van der Waals surface area contributed by atoms with Gasteiger partial charge in [-0.1, -0.05) is 11.6 Å². The molecule has 0 radical (unpaired) electrons. The van der Waals surface area contributed by atoms with Gasteiger partial charge in [-0.05, 0) is 19.8 Å². The fourth-order valence-corrected chi connectivity index (χ4v) is 1.83. The summed E-state index contributed by atoms with van der Waals surface area (Å²) >= 11 is 5.93. The summed E-state index contributed by atoms with van der Waals surface area (Å²) in [5.74, 6) is 0.615. The van der Waals surface area contributed by atoms with Crippen molar-refractivity contribution in [1.82, 2.24) is 9.97 Å². The summed E-state index contributed by atoms with van der Waals surface area (Å²) in [7, 11) is 0. The van der Waals surface area contributed by atoms with E-state index in [1.54, 1.807) is 6.20 Å². The lowest BCUT2D eigenvalue weighted by Gasteiger charge is -2.30. The lowest BCUT2D eigenvalue weighted by Crippen LogP contribution is -2.39. The number of piperidine rings is 1. The molecule has 15 heavy (non-hydrogen) atoms. The summed E-state index contributed by atoms with van der Waals surface area (Å²) in [5, 5.41) is 10.0. The van der Waals surface area contributed by atoms with Gasteiger partial charge in [0.2, 0.25) is 5.95 Å². The van der Waals surface area contributed by atoms with Crippen molar-refractivity contribution in [3.63, 3.8) is 0 Å². The zero-order chi connectivity index (χ0) is 10.8. The van der Waals surface area contributed by atoms with Crippen LogP contribution >= 0.6 is 11.6 Å². The highest BCUT2D eigenvalue weighted by molar-refractivity contribution is 6.30. The van der Waals surface area contributed by atoms with Crippen LogP contribution in [0.2, 0.25) is 5.15 Å². The van der Waals surface area contributed by atoms with Crippen LogP contribution in [-0.2, 0) is 0 Å². The molecule has 82 valence electrons. The van der Waals surface area contributed by atoms with Gasteiger partial charge >= 0.3 is 0 Å². The molecule has 1 aromatic heterocycles. The molecule has 5 heteroatoms. The van der Waals surface area contributed by atoms with E-state index in [2.05, 4.69) is 9.97 Å². The molecule has 1 aliphatic heterocycles. The van der Waals surface area contributed by atoms with Crippen molar-refractivity contribution in [2.45, 2.75) is 25.9 Å². The first-order valence-corrected chi connectivity index (χ1v) is 5.47. The molecule has 0 aliphatic carbocycles. The number of aliphatic hydroxyl groups excluding tert-OH is 1. The quantitative estimate of drug-likeness (QED) is 0.737. The molecule has 1 aliphatic rings. The van der Waals surface area contributed by atoms with Crippen molar-refractivity contribution < 1.29 is 5.11 Å². The van der Waals surface area contributed by atoms with Gasteiger partial charge in [-0.2, -0.15) is 0 Å². The van der Waals surface area contributed by atoms with Gasteiger partial charge in [0.25, 0.3) is 0 Å². The molecule has 1 N–H and O–H groups in total. The van der Waals surface area contributed by atoms with Crippen LogP contribution in [0.4, 0.5) is 5.95 Å². The third kappa shape index (κ3) is 2.38. The van der Waals surface area contributed by atoms with E-state index in [4.69, 9.17) is 11.6 Å². The third-order valence-corrected chi connectivity index (χ3v) is 2.96. The van der Waals surface area contributed by atoms with Crippen LogP contribution < -0.4 is 4.90 Å². The molecule has 1 atom stereocenters. The molecule has 4 nitrogen and oxygen atoms in total. The number of β-amino-alcohol motifs (C(OH)–C–C–N with tert-alkyl or cyclic N) is 1. The Bertz CT molecular complexity index is 359. The second-order valence-electron chi connectivity index (χ2n) is 3.89. The first kappa shape index (κ1) is 10.6. The van der Waals surface area contributed by atoms with Crippen LogP contribution in [0.1, 0.15) is 18.4 Å². The van der Waals surface area contributed by atoms with E-state index in [1.807, 2.05) is 11.8 Å². The molecule has 0 saturated carbocycles. The van der Waals surface area contributed by atoms with E-state index in [1.165, 1.54) is 0 Å². The van der Waals surface area contributed by atoms with Crippen molar-refractivity contribution >= 4 is 17.5 Å². The van der Waals surface area contributed by atoms with E-state index in [-0.39, 0.29) is 6.10 Å². The van der Waals surface area contributed by atoms with Crippen molar-refractivity contribution in [3.8, 4) is 0 Å². The highest BCUT2D eigenvalue weighted by atomic mass is 35.5. The fourth-order valence-electron chi connectivity index (χ4n) is 1.70. The molecule has 0 amide bonds. The second-order valence-corrected chi connectivity index (χ2v) is 4.24. The molecule has 1 saturated heterocycles. The smallest absolute Gasteiger partial charge is 0.226 e. The minimum Gasteiger partial charge on any atom is -0.391 e. The Balaban J connectivity index is 2.18. The summed E-state index contributed by atoms with van der Waals surface area (Å²) in [6, 6.07) is 0. The topological polar surface area (TPSA) is 49.2 Å². The number of hydrogen-bond donors (Lipinski definition) is 1. The van der Waals surface area contributed by atoms with E-state index in [0.717, 1.165) is 24.9 Å². The van der Waals surface area contributed by atoms with Gasteiger partial charge < -0.3 is 10.0 Å². The number of rotatable bonds is 1. The standard InChI is InChI=1S/C10H14ClN3O/c1-7-5-12-10(13-9(7)11)14-4-2-3-8(15)6-14/h5,8,15H,2-4,6H2,1H3. The van der Waals surface area contributed by atoms with Gasteiger partial charge in [-0.3, -0.25) is 0 Å². The maximum Gasteiger partial charge on any atom is 0.226 e. The highest BCUT2D eigenvalue weighted by Crippen LogP contribution is 2.19. The summed E-state index contributed by atoms with van der Waals surface area (Å²) in [6.45, 7) is 3.35. The molecule has 0 aromatic carbocycles. The maximum atomic E-state index is 9.53. The molecule has 1 fully saturated rings. The maximum absolute atomic E-state index is 9.53. The number of hydrogen-bond acceptors (Lipinski definition) is 4. The van der Waals surface area contributed by atoms with Gasteiger partial charge in [-0.15, -0.1) is 0 Å². The second kappa shape index (κ2) is 4.33. The minimum absolute atomic E-state index is 0.276. The van der Waals surface area contributed by atoms with Crippen molar-refractivity contribution in [1.29, 1.82) is 0 Å². The Morgan fingerprint density at radius 3 is 3.07 bits per heavy atom. The molecular weight excluding hydrogens is 214 g/mol. The molecule has 2 heterocycles. The zero-order valence-electron chi connectivity index (χ0n) is 8.65. The highest BCUT2D eigenvalue weighted by Gasteiger charge is 2.20. The van der Waals surface area contributed by atoms with Crippen LogP contribution in [-0.4, -0.2) is 34.3 Å². The fraction of sp³-hybridized carbons (Fsp3) is 0.600. The van der Waals surface area contributed by atoms with Gasteiger partial charge in [0.05, 0.1) is 6.10 Å². The number of halogens is 1. The van der Waals surface area contributed by atoms with Gasteiger partial charge in [0, 0.05) is 24.8 Å². The van der Waals surface area contributed by atoms with E-state index in [0.29, 0.717) is 17.6 Å². The molecule has 0 spiro atoms. The normalized spacial score (nSPS) is 21.8. The Morgan fingerprint density at radius 2 is 2.40 bits per heavy atom.